The second kappa shape index (κ2) is 23.1. The van der Waals surface area contributed by atoms with Crippen molar-refractivity contribution in [2.24, 2.45) is 17.6 Å². The highest BCUT2D eigenvalue weighted by Gasteiger charge is 2.50. The van der Waals surface area contributed by atoms with E-state index in [1.807, 2.05) is 67.1 Å². The molecule has 1 saturated heterocycles. The number of rotatable bonds is 11. The van der Waals surface area contributed by atoms with Crippen LogP contribution in [0, 0.1) is 11.8 Å². The van der Waals surface area contributed by atoms with Crippen LogP contribution < -0.4 is 34.7 Å². The van der Waals surface area contributed by atoms with Crippen LogP contribution in [0.25, 0.3) is 22.0 Å². The Hall–Kier alpha value is -5.72. The summed E-state index contributed by atoms with van der Waals surface area (Å²) < 4.78 is 76.9. The number of halogens is 2. The summed E-state index contributed by atoms with van der Waals surface area (Å²) in [5.74, 6) is -0.609. The zero-order chi connectivity index (χ0) is 50.8. The van der Waals surface area contributed by atoms with Crippen LogP contribution in [-0.2, 0) is 29.1 Å². The second-order valence-corrected chi connectivity index (χ2v) is 21.0. The summed E-state index contributed by atoms with van der Waals surface area (Å²) >= 11 is 0. The molecule has 2 aromatic carbocycles. The first kappa shape index (κ1) is 54.9. The normalized spacial score (nSPS) is 21.3. The first-order valence-electron chi connectivity index (χ1n) is 22.8. The van der Waals surface area contributed by atoms with Crippen molar-refractivity contribution < 1.29 is 64.3 Å². The van der Waals surface area contributed by atoms with Gasteiger partial charge in [-0.05, 0) is 121 Å². The van der Waals surface area contributed by atoms with Crippen molar-refractivity contribution in [2.75, 3.05) is 27.3 Å². The number of aromatic nitrogens is 1. The predicted octanol–water partition coefficient (Wildman–Crippen LogP) is 8.83. The lowest BCUT2D eigenvalue weighted by Gasteiger charge is -2.29. The number of benzene rings is 2. The van der Waals surface area contributed by atoms with Gasteiger partial charge in [-0.3, -0.25) is 19.1 Å². The zero-order valence-electron chi connectivity index (χ0n) is 41.1. The molecule has 1 saturated carbocycles. The maximum atomic E-state index is 13.6. The van der Waals surface area contributed by atoms with Crippen LogP contribution in [0.2, 0.25) is 0 Å². The number of sulfonamides is 1. The van der Waals surface area contributed by atoms with Crippen LogP contribution in [0.1, 0.15) is 112 Å². The van der Waals surface area contributed by atoms with E-state index in [0.29, 0.717) is 74.7 Å². The van der Waals surface area contributed by atoms with Gasteiger partial charge in [0.05, 0.1) is 31.6 Å². The van der Waals surface area contributed by atoms with Gasteiger partial charge in [0, 0.05) is 53.8 Å². The fourth-order valence-corrected chi connectivity index (χ4v) is 8.91. The Morgan fingerprint density at radius 1 is 0.971 bits per heavy atom. The first-order chi connectivity index (χ1) is 31.7. The van der Waals surface area contributed by atoms with Crippen molar-refractivity contribution in [1.29, 1.82) is 0 Å². The summed E-state index contributed by atoms with van der Waals surface area (Å²) in [5, 5.41) is 4.54. The summed E-state index contributed by atoms with van der Waals surface area (Å²) in [6.45, 7) is 14.8. The van der Waals surface area contributed by atoms with Gasteiger partial charge in [-0.1, -0.05) is 26.0 Å². The quantitative estimate of drug-likeness (QED) is 0.154. The molecule has 382 valence electrons. The molecule has 1 aromatic heterocycles. The number of nitrogens with zero attached hydrogens (tertiary/aromatic N) is 2. The summed E-state index contributed by atoms with van der Waals surface area (Å²) in [6.07, 6.45) is 7.64. The third-order valence-electron chi connectivity index (χ3n) is 12.0. The van der Waals surface area contributed by atoms with Crippen LogP contribution in [0.5, 0.6) is 23.1 Å². The van der Waals surface area contributed by atoms with Crippen LogP contribution in [0.15, 0.2) is 54.6 Å². The number of primary amides is 1. The minimum atomic E-state index is -3.39. The van der Waals surface area contributed by atoms with Gasteiger partial charge >= 0.3 is 6.09 Å². The number of carbonyl (C=O) groups excluding carboxylic acids is 4. The molecule has 0 spiro atoms. The number of hydrogen-bond donors (Lipinski definition) is 3. The lowest BCUT2D eigenvalue weighted by molar-refractivity contribution is -0.148. The molecule has 0 radical (unpaired) electrons. The van der Waals surface area contributed by atoms with E-state index in [2.05, 4.69) is 35.7 Å². The maximum Gasteiger partial charge on any atom is 0.405 e. The Balaban J connectivity index is 0.000000834. The van der Waals surface area contributed by atoms with Crippen molar-refractivity contribution >= 4 is 44.6 Å². The molecule has 2 aliphatic heterocycles. The number of alkyl halides is 2. The van der Waals surface area contributed by atoms with Gasteiger partial charge in [0.25, 0.3) is 5.92 Å². The topological polar surface area (TPSA) is 215 Å². The Bertz CT molecular complexity index is 2400. The number of carbonyl (C=O) groups is 4. The van der Waals surface area contributed by atoms with Crippen LogP contribution in [0.3, 0.4) is 0 Å². The lowest BCUT2D eigenvalue weighted by Crippen LogP contribution is -2.46. The molecule has 1 aliphatic carbocycles. The number of allylic oxidation sites excluding steroid dienone is 1. The zero-order valence-corrected chi connectivity index (χ0v) is 41.9. The van der Waals surface area contributed by atoms with Crippen molar-refractivity contribution in [3.8, 4) is 34.4 Å². The Morgan fingerprint density at radius 3 is 2.16 bits per heavy atom. The van der Waals surface area contributed by atoms with E-state index in [1.54, 1.807) is 26.0 Å². The highest BCUT2D eigenvalue weighted by atomic mass is 32.2. The highest BCUT2D eigenvalue weighted by Crippen LogP contribution is 2.43. The van der Waals surface area contributed by atoms with E-state index >= 15 is 0 Å². The van der Waals surface area contributed by atoms with Crippen molar-refractivity contribution in [3.63, 3.8) is 0 Å². The molecule has 3 heterocycles. The maximum absolute atomic E-state index is 13.6. The molecular formula is C49H75F2N5O11S. The Kier molecular flexibility index (Phi) is 18.6. The van der Waals surface area contributed by atoms with Crippen molar-refractivity contribution in [2.45, 2.75) is 142 Å². The molecular weight excluding hydrogens is 905 g/mol. The van der Waals surface area contributed by atoms with Gasteiger partial charge in [0.2, 0.25) is 33.6 Å². The monoisotopic (exact) mass is 980 g/mol. The molecule has 68 heavy (non-hydrogen) atoms. The number of fused-ring (bicyclic) bond motifs is 2. The Labute approximate surface area is 403 Å². The molecule has 16 nitrogen and oxygen atoms in total. The smallest absolute Gasteiger partial charge is 0.405 e. The van der Waals surface area contributed by atoms with Gasteiger partial charge in [0.1, 0.15) is 29.3 Å². The summed E-state index contributed by atoms with van der Waals surface area (Å²) in [7, 11) is -0.140. The van der Waals surface area contributed by atoms with Crippen LogP contribution >= 0.6 is 0 Å². The van der Waals surface area contributed by atoms with Crippen LogP contribution in [0.4, 0.5) is 13.6 Å². The molecule has 0 bridgehead atoms. The van der Waals surface area contributed by atoms with Gasteiger partial charge in [-0.25, -0.2) is 27.0 Å². The van der Waals surface area contributed by atoms with E-state index < -0.39 is 50.4 Å². The molecule has 2 fully saturated rings. The van der Waals surface area contributed by atoms with E-state index in [9.17, 15) is 36.4 Å². The SMILES string of the molecule is CC(=O)NS(=O)(=O)C1(C)CC1.CC(F)(F)C(C)(C)OC(N)=O.COc1ccc2c(O[C@@H]3C[C@H]4C(=O)NC/C=C\CC[C@H](C)C[C@@H](C)CC(=O)N4C3)nc(-c3ccc(OC(C)C)cc3)c(OC)c2c1.[HH].[HH].[HH]. The first-order valence-corrected chi connectivity index (χ1v) is 24.3. The Morgan fingerprint density at radius 2 is 1.62 bits per heavy atom. The van der Waals surface area contributed by atoms with Crippen LogP contribution in [-0.4, -0.2) is 104 Å². The van der Waals surface area contributed by atoms with Gasteiger partial charge in [-0.15, -0.1) is 0 Å². The van der Waals surface area contributed by atoms with Crippen molar-refractivity contribution in [1.82, 2.24) is 19.9 Å². The minimum Gasteiger partial charge on any atom is -0.497 e. The fraction of sp³-hybridized carbons (Fsp3) is 0.571. The summed E-state index contributed by atoms with van der Waals surface area (Å²) in [6, 6.07) is 12.8. The summed E-state index contributed by atoms with van der Waals surface area (Å²) in [5.41, 5.74) is 4.17. The van der Waals surface area contributed by atoms with E-state index in [4.69, 9.17) is 23.9 Å². The minimum absolute atomic E-state index is 0. The predicted molar refractivity (Wildman–Crippen MR) is 262 cm³/mol. The van der Waals surface area contributed by atoms with Gasteiger partial charge in [0.15, 0.2) is 11.4 Å². The van der Waals surface area contributed by atoms with E-state index in [1.165, 1.54) is 6.92 Å². The molecule has 3 aliphatic rings. The number of methoxy groups -OCH3 is 2. The number of amides is 4. The van der Waals surface area contributed by atoms with Crippen molar-refractivity contribution in [3.05, 3.63) is 54.6 Å². The molecule has 4 N–H and O–H groups in total. The number of pyridine rings is 1. The molecule has 3 aromatic rings. The molecule has 19 heteroatoms. The average molecular weight is 980 g/mol. The third-order valence-corrected chi connectivity index (χ3v) is 14.3. The lowest BCUT2D eigenvalue weighted by atomic mass is 9.91. The van der Waals surface area contributed by atoms with E-state index in [-0.39, 0.29) is 28.1 Å². The average Bonchev–Trinajstić information content (AvgIpc) is 3.86. The van der Waals surface area contributed by atoms with Gasteiger partial charge in [-0.2, -0.15) is 0 Å². The summed E-state index contributed by atoms with van der Waals surface area (Å²) in [4.78, 5) is 54.3. The molecule has 4 atom stereocenters. The largest absolute Gasteiger partial charge is 0.497 e. The fourth-order valence-electron chi connectivity index (χ4n) is 7.65. The number of nitrogens with one attached hydrogen (secondary N) is 2. The standard InChI is InChI=1S/C37H47N3O6.C6H11F2NO2.C6H11NO3S.3H2/c1-23(2)45-27-13-11-26(12-14-27)34-35(44-6)31-20-28(43-5)15-16-30(31)37(39-34)46-29-21-32-36(42)38-17-9-7-8-10-24(3)18-25(4)19-33(41)40(32)22-29;1-5(2,6(3,7)8)11-4(9)10;1-5(8)7-11(9,10)6(2)3-4-6;;;/h7,9,11-16,20,23-25,29,32H,8,10,17-19,21-22H2,1-6H3,(H,38,42);1-3H3,(H2,9,10);3-4H2,1-2H3,(H,7,8);3*1H/b9-7-;;;;;/t24-,25+,29+,32-;;;;;/m0...../s1. The van der Waals surface area contributed by atoms with E-state index in [0.717, 1.165) is 55.2 Å². The number of ether oxygens (including phenoxy) is 5. The second-order valence-electron chi connectivity index (χ2n) is 18.8. The number of nitrogens with two attached hydrogens (primary N) is 1. The molecule has 0 unspecified atom stereocenters. The highest BCUT2D eigenvalue weighted by molar-refractivity contribution is 7.91. The molecule has 4 amide bonds. The number of hydrogen-bond acceptors (Lipinski definition) is 12. The third kappa shape index (κ3) is 14.9. The molecule has 6 rings (SSSR count). The van der Waals surface area contributed by atoms with Gasteiger partial charge < -0.3 is 39.6 Å².